The maximum Gasteiger partial charge on any atom is 0.510 e. The van der Waals surface area contributed by atoms with Crippen molar-refractivity contribution in [1.29, 1.82) is 0 Å². The summed E-state index contributed by atoms with van der Waals surface area (Å²) in [6.45, 7) is 0. The zero-order chi connectivity index (χ0) is 10.9. The lowest BCUT2D eigenvalue weighted by atomic mass is 10.1. The molecule has 80 valence electrons. The third-order valence-corrected chi connectivity index (χ3v) is 2.67. The molecular weight excluding hydrogens is 194 g/mol. The normalized spacial score (nSPS) is 23.3. The molecule has 0 amide bonds. The Morgan fingerprint density at radius 2 is 2.20 bits per heavy atom. The lowest BCUT2D eigenvalue weighted by Crippen LogP contribution is -2.39. The summed E-state index contributed by atoms with van der Waals surface area (Å²) in [4.78, 5) is 11.1. The molecule has 1 aliphatic carbocycles. The number of hydrogen-bond acceptors (Lipinski definition) is 4. The van der Waals surface area contributed by atoms with E-state index in [9.17, 15) is 4.79 Å². The first-order valence-corrected chi connectivity index (χ1v) is 4.80. The Labute approximate surface area is 88.0 Å². The molecule has 0 saturated heterocycles. The van der Waals surface area contributed by atoms with E-state index in [1.165, 1.54) is 7.11 Å². The Morgan fingerprint density at radius 3 is 2.93 bits per heavy atom. The van der Waals surface area contributed by atoms with E-state index in [0.717, 1.165) is 17.5 Å². The minimum atomic E-state index is -1.02. The highest BCUT2D eigenvalue weighted by Gasteiger charge is 2.38. The van der Waals surface area contributed by atoms with Gasteiger partial charge >= 0.3 is 6.16 Å². The number of aryl methyl sites for hydroxylation is 1. The van der Waals surface area contributed by atoms with Gasteiger partial charge in [-0.05, 0) is 12.0 Å². The van der Waals surface area contributed by atoms with E-state index in [4.69, 9.17) is 10.5 Å². The number of carbonyl (C=O) groups is 1. The summed E-state index contributed by atoms with van der Waals surface area (Å²) in [5, 5.41) is 0. The molecule has 0 aliphatic heterocycles. The van der Waals surface area contributed by atoms with Crippen LogP contribution in [-0.4, -0.2) is 13.3 Å². The first-order chi connectivity index (χ1) is 7.15. The maximum atomic E-state index is 11.1. The highest BCUT2D eigenvalue weighted by molar-refractivity contribution is 5.61. The van der Waals surface area contributed by atoms with Gasteiger partial charge in [-0.3, -0.25) is 5.73 Å². The van der Waals surface area contributed by atoms with Crippen LogP contribution in [0.3, 0.4) is 0 Å². The number of benzene rings is 1. The number of methoxy groups -OCH3 is 1. The van der Waals surface area contributed by atoms with Gasteiger partial charge in [0, 0.05) is 12.0 Å². The molecule has 0 aromatic heterocycles. The van der Waals surface area contributed by atoms with E-state index >= 15 is 0 Å². The second-order valence-electron chi connectivity index (χ2n) is 3.60. The highest BCUT2D eigenvalue weighted by Crippen LogP contribution is 2.35. The molecule has 4 nitrogen and oxygen atoms in total. The van der Waals surface area contributed by atoms with Gasteiger partial charge in [-0.15, -0.1) is 0 Å². The molecule has 0 fully saturated rings. The summed E-state index contributed by atoms with van der Waals surface area (Å²) in [5.74, 6) is 0. The first kappa shape index (κ1) is 9.98. The number of carbonyl (C=O) groups excluding carboxylic acids is 1. The highest BCUT2D eigenvalue weighted by atomic mass is 16.7. The van der Waals surface area contributed by atoms with Gasteiger partial charge in [-0.25, -0.2) is 4.79 Å². The molecule has 4 heteroatoms. The fourth-order valence-corrected chi connectivity index (χ4v) is 1.90. The van der Waals surface area contributed by atoms with Crippen molar-refractivity contribution in [2.24, 2.45) is 5.73 Å². The number of nitrogens with two attached hydrogens (primary N) is 1. The standard InChI is InChI=1S/C11H13NO3/c1-14-10(13)15-11(12)7-6-8-4-2-3-5-9(8)11/h2-5H,6-7,12H2,1H3. The molecule has 2 rings (SSSR count). The average Bonchev–Trinajstić information content (AvgIpc) is 2.57. The summed E-state index contributed by atoms with van der Waals surface area (Å²) in [5.41, 5.74) is 7.00. The Bertz CT molecular complexity index is 391. The van der Waals surface area contributed by atoms with Crippen LogP contribution in [0.4, 0.5) is 4.79 Å². The molecule has 1 aromatic rings. The quantitative estimate of drug-likeness (QED) is 0.560. The molecule has 1 unspecified atom stereocenters. The largest absolute Gasteiger partial charge is 0.510 e. The molecule has 1 aromatic carbocycles. The second kappa shape index (κ2) is 3.55. The summed E-state index contributed by atoms with van der Waals surface area (Å²) < 4.78 is 9.54. The van der Waals surface area contributed by atoms with Crippen LogP contribution >= 0.6 is 0 Å². The van der Waals surface area contributed by atoms with E-state index in [2.05, 4.69) is 4.74 Å². The van der Waals surface area contributed by atoms with Crippen molar-refractivity contribution in [2.45, 2.75) is 18.6 Å². The van der Waals surface area contributed by atoms with Crippen LogP contribution in [0.15, 0.2) is 24.3 Å². The molecule has 0 spiro atoms. The molecule has 2 N–H and O–H groups in total. The van der Waals surface area contributed by atoms with Crippen molar-refractivity contribution in [2.75, 3.05) is 7.11 Å². The fourth-order valence-electron chi connectivity index (χ4n) is 1.90. The van der Waals surface area contributed by atoms with Crippen LogP contribution in [0.5, 0.6) is 0 Å². The first-order valence-electron chi connectivity index (χ1n) is 4.80. The second-order valence-corrected chi connectivity index (χ2v) is 3.60. The Hall–Kier alpha value is -1.55. The van der Waals surface area contributed by atoms with E-state index in [0.29, 0.717) is 6.42 Å². The topological polar surface area (TPSA) is 61.5 Å². The minimum absolute atomic E-state index is 0.599. The Balaban J connectivity index is 2.28. The van der Waals surface area contributed by atoms with Crippen molar-refractivity contribution < 1.29 is 14.3 Å². The van der Waals surface area contributed by atoms with E-state index < -0.39 is 11.9 Å². The van der Waals surface area contributed by atoms with Crippen LogP contribution < -0.4 is 5.73 Å². The minimum Gasteiger partial charge on any atom is -0.438 e. The van der Waals surface area contributed by atoms with Crippen molar-refractivity contribution >= 4 is 6.16 Å². The molecule has 1 atom stereocenters. The van der Waals surface area contributed by atoms with Crippen LogP contribution in [-0.2, 0) is 21.6 Å². The fraction of sp³-hybridized carbons (Fsp3) is 0.364. The van der Waals surface area contributed by atoms with E-state index in [1.807, 2.05) is 24.3 Å². The SMILES string of the molecule is COC(=O)OC1(N)CCc2ccccc21. The lowest BCUT2D eigenvalue weighted by molar-refractivity contribution is -0.0269. The number of fused-ring (bicyclic) bond motifs is 1. The predicted octanol–water partition coefficient (Wildman–Crippen LogP) is 1.53. The molecule has 0 heterocycles. The molecule has 1 aliphatic rings. The number of ether oxygens (including phenoxy) is 2. The van der Waals surface area contributed by atoms with Gasteiger partial charge in [0.15, 0.2) is 5.72 Å². The smallest absolute Gasteiger partial charge is 0.438 e. The van der Waals surface area contributed by atoms with Crippen LogP contribution in [0.2, 0.25) is 0 Å². The van der Waals surface area contributed by atoms with Gasteiger partial charge in [0.2, 0.25) is 0 Å². The van der Waals surface area contributed by atoms with Crippen LogP contribution in [0, 0.1) is 0 Å². The van der Waals surface area contributed by atoms with Crippen molar-refractivity contribution in [3.8, 4) is 0 Å². The number of rotatable bonds is 1. The third kappa shape index (κ3) is 1.68. The maximum absolute atomic E-state index is 11.1. The van der Waals surface area contributed by atoms with Crippen molar-refractivity contribution in [1.82, 2.24) is 0 Å². The summed E-state index contributed by atoms with van der Waals surface area (Å²) in [6.07, 6.45) is 0.680. The zero-order valence-electron chi connectivity index (χ0n) is 8.53. The van der Waals surface area contributed by atoms with Gasteiger partial charge in [-0.1, -0.05) is 24.3 Å². The van der Waals surface area contributed by atoms with Crippen molar-refractivity contribution in [3.63, 3.8) is 0 Å². The zero-order valence-corrected chi connectivity index (χ0v) is 8.53. The van der Waals surface area contributed by atoms with Crippen LogP contribution in [0.25, 0.3) is 0 Å². The van der Waals surface area contributed by atoms with Gasteiger partial charge in [-0.2, -0.15) is 0 Å². The molecular formula is C11H13NO3. The van der Waals surface area contributed by atoms with E-state index in [1.54, 1.807) is 0 Å². The molecule has 15 heavy (non-hydrogen) atoms. The summed E-state index contributed by atoms with van der Waals surface area (Å²) in [6, 6.07) is 7.70. The predicted molar refractivity (Wildman–Crippen MR) is 54.1 cm³/mol. The average molecular weight is 207 g/mol. The van der Waals surface area contributed by atoms with Crippen molar-refractivity contribution in [3.05, 3.63) is 35.4 Å². The van der Waals surface area contributed by atoms with Crippen LogP contribution in [0.1, 0.15) is 17.5 Å². The Morgan fingerprint density at radius 1 is 1.47 bits per heavy atom. The summed E-state index contributed by atoms with van der Waals surface area (Å²) >= 11 is 0. The number of hydrogen-bond donors (Lipinski definition) is 1. The van der Waals surface area contributed by atoms with E-state index in [-0.39, 0.29) is 0 Å². The van der Waals surface area contributed by atoms with Gasteiger partial charge < -0.3 is 9.47 Å². The van der Waals surface area contributed by atoms with Gasteiger partial charge in [0.25, 0.3) is 0 Å². The summed E-state index contributed by atoms with van der Waals surface area (Å²) in [7, 11) is 1.27. The van der Waals surface area contributed by atoms with Gasteiger partial charge in [0.1, 0.15) is 0 Å². The Kier molecular flexibility index (Phi) is 2.36. The third-order valence-electron chi connectivity index (χ3n) is 2.67. The molecule has 0 bridgehead atoms. The monoisotopic (exact) mass is 207 g/mol. The molecule has 0 radical (unpaired) electrons. The lowest BCUT2D eigenvalue weighted by Gasteiger charge is -2.24. The van der Waals surface area contributed by atoms with Gasteiger partial charge in [0.05, 0.1) is 7.11 Å². The molecule has 0 saturated carbocycles.